The molecule has 3 N–H and O–H groups in total. The van der Waals surface area contributed by atoms with Crippen molar-refractivity contribution < 1.29 is 14.2 Å². The number of hydrogen-bond donors (Lipinski definition) is 3. The number of ether oxygens (including phenoxy) is 1. The number of methoxy groups -OCH3 is 1. The van der Waals surface area contributed by atoms with Crippen LogP contribution >= 0.6 is 0 Å². The average Bonchev–Trinajstić information content (AvgIpc) is 3.12. The van der Waals surface area contributed by atoms with Crippen molar-refractivity contribution in [2.24, 2.45) is 0 Å². The highest BCUT2D eigenvalue weighted by Crippen LogP contribution is 2.25. The molecule has 0 aliphatic heterocycles. The van der Waals surface area contributed by atoms with Gasteiger partial charge in [0.25, 0.3) is 0 Å². The zero-order valence-corrected chi connectivity index (χ0v) is 17.0. The number of hydrogen-bond acceptors (Lipinski definition) is 7. The van der Waals surface area contributed by atoms with Crippen LogP contribution in [-0.4, -0.2) is 38.3 Å². The molecule has 0 spiro atoms. The van der Waals surface area contributed by atoms with Gasteiger partial charge in [0.1, 0.15) is 17.1 Å². The Bertz CT molecular complexity index is 1160. The topological polar surface area (TPSA) is 97.1 Å². The number of fused-ring (bicyclic) bond motifs is 1. The molecule has 0 radical (unpaired) electrons. The quantitative estimate of drug-likeness (QED) is 0.347. The number of para-hydroxylation sites is 1. The summed E-state index contributed by atoms with van der Waals surface area (Å²) in [6.45, 7) is 0.662. The first kappa shape index (κ1) is 20.5. The van der Waals surface area contributed by atoms with E-state index in [1.807, 2.05) is 28.8 Å². The predicted octanol–water partition coefficient (Wildman–Crippen LogP) is 4.23. The molecule has 160 valence electrons. The fourth-order valence-electron chi connectivity index (χ4n) is 3.15. The molecule has 0 aliphatic rings. The highest BCUT2D eigenvalue weighted by Gasteiger charge is 2.15. The average molecular weight is 422 g/mol. The van der Waals surface area contributed by atoms with Gasteiger partial charge in [0, 0.05) is 18.8 Å². The van der Waals surface area contributed by atoms with E-state index in [4.69, 9.17) is 9.84 Å². The molecule has 2 aromatic heterocycles. The molecule has 0 saturated heterocycles. The smallest absolute Gasteiger partial charge is 0.229 e. The Labute approximate surface area is 178 Å². The van der Waals surface area contributed by atoms with Crippen LogP contribution in [0.2, 0.25) is 0 Å². The number of aliphatic hydroxyl groups is 1. The number of benzene rings is 2. The van der Waals surface area contributed by atoms with Crippen molar-refractivity contribution >= 4 is 34.4 Å². The third kappa shape index (κ3) is 4.72. The Hall–Kier alpha value is -3.72. The number of aliphatic hydroxyl groups excluding tert-OH is 1. The van der Waals surface area contributed by atoms with Gasteiger partial charge in [-0.2, -0.15) is 4.98 Å². The summed E-state index contributed by atoms with van der Waals surface area (Å²) < 4.78 is 21.2. The summed E-state index contributed by atoms with van der Waals surface area (Å²) in [5.41, 5.74) is 2.34. The van der Waals surface area contributed by atoms with Crippen LogP contribution in [0.5, 0.6) is 5.75 Å². The zero-order valence-electron chi connectivity index (χ0n) is 17.0. The standard InChI is InChI=1S/C22H23FN6O2/c1-31-16-10-8-15(9-11-16)25-21-24-14-19-20(28-21)29(12-4-5-13-30)22(27-19)26-18-7-3-2-6-17(18)23/h2-3,6-11,14,30H,4-5,12-13H2,1H3,(H,26,27)(H,24,25,28). The molecule has 0 bridgehead atoms. The van der Waals surface area contributed by atoms with E-state index in [1.54, 1.807) is 31.5 Å². The van der Waals surface area contributed by atoms with Crippen molar-refractivity contribution in [3.63, 3.8) is 0 Å². The molecular weight excluding hydrogens is 399 g/mol. The Morgan fingerprint density at radius 1 is 1.03 bits per heavy atom. The second kappa shape index (κ2) is 9.40. The molecule has 2 aromatic carbocycles. The molecule has 4 rings (SSSR count). The number of rotatable bonds is 9. The molecule has 31 heavy (non-hydrogen) atoms. The minimum absolute atomic E-state index is 0.0992. The summed E-state index contributed by atoms with van der Waals surface area (Å²) >= 11 is 0. The number of unbranched alkanes of at least 4 members (excludes halogenated alkanes) is 1. The summed E-state index contributed by atoms with van der Waals surface area (Å²) in [5, 5.41) is 15.4. The highest BCUT2D eigenvalue weighted by atomic mass is 19.1. The van der Waals surface area contributed by atoms with Gasteiger partial charge in [0.2, 0.25) is 11.9 Å². The van der Waals surface area contributed by atoms with Crippen LogP contribution in [0.25, 0.3) is 11.2 Å². The van der Waals surface area contributed by atoms with Crippen molar-refractivity contribution in [2.75, 3.05) is 24.4 Å². The van der Waals surface area contributed by atoms with E-state index >= 15 is 0 Å². The van der Waals surface area contributed by atoms with E-state index in [0.29, 0.717) is 41.7 Å². The number of anilines is 4. The third-order valence-electron chi connectivity index (χ3n) is 4.74. The molecule has 4 aromatic rings. The van der Waals surface area contributed by atoms with Crippen molar-refractivity contribution in [1.82, 2.24) is 19.5 Å². The van der Waals surface area contributed by atoms with Crippen molar-refractivity contribution in [1.29, 1.82) is 0 Å². The summed E-state index contributed by atoms with van der Waals surface area (Å²) in [6.07, 6.45) is 2.99. The molecule has 0 saturated carbocycles. The zero-order chi connectivity index (χ0) is 21.6. The molecule has 0 fully saturated rings. The first-order valence-electron chi connectivity index (χ1n) is 9.94. The number of halogens is 1. The van der Waals surface area contributed by atoms with Gasteiger partial charge < -0.3 is 20.5 Å². The van der Waals surface area contributed by atoms with Gasteiger partial charge in [-0.15, -0.1) is 0 Å². The maximum atomic E-state index is 14.2. The largest absolute Gasteiger partial charge is 0.497 e. The van der Waals surface area contributed by atoms with Gasteiger partial charge in [-0.25, -0.2) is 14.4 Å². The lowest BCUT2D eigenvalue weighted by molar-refractivity contribution is 0.281. The van der Waals surface area contributed by atoms with Crippen LogP contribution < -0.4 is 15.4 Å². The van der Waals surface area contributed by atoms with E-state index in [9.17, 15) is 4.39 Å². The van der Waals surface area contributed by atoms with Gasteiger partial charge in [-0.1, -0.05) is 12.1 Å². The van der Waals surface area contributed by atoms with E-state index in [0.717, 1.165) is 17.9 Å². The minimum atomic E-state index is -0.371. The van der Waals surface area contributed by atoms with Gasteiger partial charge in [0.05, 0.1) is 19.0 Å². The van der Waals surface area contributed by atoms with Crippen molar-refractivity contribution in [3.05, 3.63) is 60.5 Å². The fourth-order valence-corrected chi connectivity index (χ4v) is 3.15. The third-order valence-corrected chi connectivity index (χ3v) is 4.74. The Balaban J connectivity index is 1.67. The summed E-state index contributed by atoms with van der Waals surface area (Å²) in [5.74, 6) is 1.27. The van der Waals surface area contributed by atoms with Crippen molar-refractivity contribution in [2.45, 2.75) is 19.4 Å². The Kier molecular flexibility index (Phi) is 6.23. The summed E-state index contributed by atoms with van der Waals surface area (Å²) in [6, 6.07) is 13.8. The SMILES string of the molecule is COc1ccc(Nc2ncc3nc(Nc4ccccc4F)n(CCCCO)c3n2)cc1. The molecular formula is C22H23FN6O2. The lowest BCUT2D eigenvalue weighted by atomic mass is 10.3. The van der Waals surface area contributed by atoms with Crippen LogP contribution in [0.1, 0.15) is 12.8 Å². The Morgan fingerprint density at radius 2 is 1.84 bits per heavy atom. The molecule has 9 heteroatoms. The van der Waals surface area contributed by atoms with Gasteiger partial charge in [0.15, 0.2) is 5.65 Å². The second-order valence-electron chi connectivity index (χ2n) is 6.88. The minimum Gasteiger partial charge on any atom is -0.497 e. The number of nitrogens with zero attached hydrogens (tertiary/aromatic N) is 4. The number of aromatic nitrogens is 4. The number of aryl methyl sites for hydroxylation is 1. The Morgan fingerprint density at radius 3 is 2.58 bits per heavy atom. The van der Waals surface area contributed by atoms with Crippen LogP contribution in [0.15, 0.2) is 54.7 Å². The van der Waals surface area contributed by atoms with Crippen LogP contribution in [0, 0.1) is 5.82 Å². The maximum Gasteiger partial charge on any atom is 0.229 e. The highest BCUT2D eigenvalue weighted by molar-refractivity contribution is 5.77. The molecule has 0 amide bonds. The lowest BCUT2D eigenvalue weighted by Crippen LogP contribution is -2.07. The van der Waals surface area contributed by atoms with Crippen LogP contribution in [-0.2, 0) is 6.54 Å². The monoisotopic (exact) mass is 422 g/mol. The van der Waals surface area contributed by atoms with E-state index in [-0.39, 0.29) is 12.4 Å². The van der Waals surface area contributed by atoms with Crippen LogP contribution in [0.3, 0.4) is 0 Å². The van der Waals surface area contributed by atoms with Crippen LogP contribution in [0.4, 0.5) is 27.7 Å². The molecule has 8 nitrogen and oxygen atoms in total. The van der Waals surface area contributed by atoms with E-state index in [1.165, 1.54) is 6.07 Å². The predicted molar refractivity (Wildman–Crippen MR) is 118 cm³/mol. The molecule has 0 atom stereocenters. The fraction of sp³-hybridized carbons (Fsp3) is 0.227. The van der Waals surface area contributed by atoms with Gasteiger partial charge in [-0.3, -0.25) is 4.57 Å². The van der Waals surface area contributed by atoms with E-state index in [2.05, 4.69) is 25.6 Å². The maximum absolute atomic E-state index is 14.2. The normalized spacial score (nSPS) is 10.9. The van der Waals surface area contributed by atoms with E-state index < -0.39 is 0 Å². The van der Waals surface area contributed by atoms with Gasteiger partial charge in [-0.05, 0) is 49.2 Å². The second-order valence-corrected chi connectivity index (χ2v) is 6.88. The van der Waals surface area contributed by atoms with Gasteiger partial charge >= 0.3 is 0 Å². The summed E-state index contributed by atoms with van der Waals surface area (Å²) in [4.78, 5) is 13.5. The first-order chi connectivity index (χ1) is 15.2. The molecule has 0 aliphatic carbocycles. The van der Waals surface area contributed by atoms with Crippen molar-refractivity contribution in [3.8, 4) is 5.75 Å². The number of nitrogens with one attached hydrogen (secondary N) is 2. The molecule has 2 heterocycles. The molecule has 0 unspecified atom stereocenters. The number of imidazole rings is 1. The first-order valence-corrected chi connectivity index (χ1v) is 9.94. The lowest BCUT2D eigenvalue weighted by Gasteiger charge is -2.11. The summed E-state index contributed by atoms with van der Waals surface area (Å²) in [7, 11) is 1.62.